The quantitative estimate of drug-likeness (QED) is 0.857. The number of nitrogens with one attached hydrogen (secondary N) is 2. The third-order valence-electron chi connectivity index (χ3n) is 4.46. The van der Waals surface area contributed by atoms with Gasteiger partial charge in [0, 0.05) is 58.2 Å². The molecule has 2 aliphatic heterocycles. The Morgan fingerprint density at radius 1 is 1.22 bits per heavy atom. The fourth-order valence-electron chi connectivity index (χ4n) is 3.16. The lowest BCUT2D eigenvalue weighted by molar-refractivity contribution is -0.128. The Morgan fingerprint density at radius 3 is 2.70 bits per heavy atom. The molecule has 124 valence electrons. The van der Waals surface area contributed by atoms with Crippen molar-refractivity contribution in [2.75, 3.05) is 39.3 Å². The molecule has 3 rings (SSSR count). The molecule has 0 spiro atoms. The van der Waals surface area contributed by atoms with E-state index in [1.165, 1.54) is 0 Å². The average Bonchev–Trinajstić information content (AvgIpc) is 2.94. The highest BCUT2D eigenvalue weighted by Crippen LogP contribution is 2.19. The monoisotopic (exact) mass is 316 g/mol. The summed E-state index contributed by atoms with van der Waals surface area (Å²) in [5.41, 5.74) is 1.14. The molecule has 2 aliphatic rings. The normalized spacial score (nSPS) is 21.6. The molecular weight excluding hydrogens is 292 g/mol. The van der Waals surface area contributed by atoms with Crippen molar-refractivity contribution in [1.82, 2.24) is 20.4 Å². The predicted octanol–water partition coefficient (Wildman–Crippen LogP) is 0.650. The lowest BCUT2D eigenvalue weighted by Gasteiger charge is -2.28. The molecule has 6 nitrogen and oxygen atoms in total. The van der Waals surface area contributed by atoms with Gasteiger partial charge in [-0.1, -0.05) is 30.3 Å². The van der Waals surface area contributed by atoms with E-state index in [0.717, 1.165) is 38.3 Å². The van der Waals surface area contributed by atoms with Crippen LogP contribution in [0.15, 0.2) is 30.3 Å². The number of nitrogens with zero attached hydrogens (tertiary/aromatic N) is 2. The molecule has 1 unspecified atom stereocenters. The molecule has 1 aromatic carbocycles. The Labute approximate surface area is 136 Å². The maximum atomic E-state index is 12.1. The number of carbonyl (C=O) groups is 2. The van der Waals surface area contributed by atoms with Crippen molar-refractivity contribution in [1.29, 1.82) is 0 Å². The van der Waals surface area contributed by atoms with E-state index >= 15 is 0 Å². The zero-order valence-corrected chi connectivity index (χ0v) is 13.3. The van der Waals surface area contributed by atoms with Gasteiger partial charge in [-0.25, -0.2) is 4.79 Å². The van der Waals surface area contributed by atoms with E-state index in [4.69, 9.17) is 0 Å². The van der Waals surface area contributed by atoms with Crippen molar-refractivity contribution in [2.45, 2.75) is 13.0 Å². The number of urea groups is 1. The summed E-state index contributed by atoms with van der Waals surface area (Å²) >= 11 is 0. The van der Waals surface area contributed by atoms with E-state index in [1.807, 2.05) is 40.1 Å². The highest BCUT2D eigenvalue weighted by Gasteiger charge is 2.30. The zero-order valence-electron chi connectivity index (χ0n) is 13.3. The van der Waals surface area contributed by atoms with Crippen LogP contribution in [0.2, 0.25) is 0 Å². The van der Waals surface area contributed by atoms with E-state index in [2.05, 4.69) is 10.6 Å². The summed E-state index contributed by atoms with van der Waals surface area (Å²) in [6, 6.07) is 10.0. The first kappa shape index (κ1) is 15.8. The summed E-state index contributed by atoms with van der Waals surface area (Å²) in [4.78, 5) is 27.9. The Balaban J connectivity index is 1.45. The largest absolute Gasteiger partial charge is 0.338 e. The maximum Gasteiger partial charge on any atom is 0.317 e. The van der Waals surface area contributed by atoms with Gasteiger partial charge in [0.25, 0.3) is 0 Å². The Kier molecular flexibility index (Phi) is 5.12. The van der Waals surface area contributed by atoms with Crippen LogP contribution in [0.3, 0.4) is 0 Å². The van der Waals surface area contributed by atoms with Crippen LogP contribution >= 0.6 is 0 Å². The molecule has 3 amide bonds. The first-order valence-electron chi connectivity index (χ1n) is 8.27. The number of hydrogen-bond acceptors (Lipinski definition) is 3. The minimum atomic E-state index is -0.0135. The van der Waals surface area contributed by atoms with Crippen LogP contribution in [0.25, 0.3) is 0 Å². The molecule has 0 bridgehead atoms. The number of hydrogen-bond donors (Lipinski definition) is 2. The SMILES string of the molecule is O=C1CC(CNC(=O)N2CCNCC2)CN1Cc1ccccc1. The number of piperazine rings is 1. The van der Waals surface area contributed by atoms with Crippen molar-refractivity contribution in [2.24, 2.45) is 5.92 Å². The molecule has 0 aliphatic carbocycles. The molecule has 0 aromatic heterocycles. The van der Waals surface area contributed by atoms with Crippen LogP contribution in [-0.2, 0) is 11.3 Å². The summed E-state index contributed by atoms with van der Waals surface area (Å²) < 4.78 is 0. The first-order valence-corrected chi connectivity index (χ1v) is 8.27. The van der Waals surface area contributed by atoms with Gasteiger partial charge >= 0.3 is 6.03 Å². The van der Waals surface area contributed by atoms with Crippen molar-refractivity contribution in [3.8, 4) is 0 Å². The maximum absolute atomic E-state index is 12.1. The lowest BCUT2D eigenvalue weighted by Crippen LogP contribution is -2.50. The summed E-state index contributed by atoms with van der Waals surface area (Å²) in [5.74, 6) is 0.383. The van der Waals surface area contributed by atoms with Gasteiger partial charge in [0.05, 0.1) is 0 Å². The van der Waals surface area contributed by atoms with Gasteiger partial charge in [0.15, 0.2) is 0 Å². The van der Waals surface area contributed by atoms with E-state index in [0.29, 0.717) is 19.5 Å². The molecule has 2 saturated heterocycles. The predicted molar refractivity (Wildman–Crippen MR) is 87.8 cm³/mol. The van der Waals surface area contributed by atoms with E-state index in [1.54, 1.807) is 0 Å². The van der Waals surface area contributed by atoms with Crippen molar-refractivity contribution >= 4 is 11.9 Å². The van der Waals surface area contributed by atoms with Crippen molar-refractivity contribution in [3.63, 3.8) is 0 Å². The van der Waals surface area contributed by atoms with Gasteiger partial charge in [0.2, 0.25) is 5.91 Å². The topological polar surface area (TPSA) is 64.7 Å². The standard InChI is InChI=1S/C17H24N4O2/c22-16-10-15(11-19-17(23)20-8-6-18-7-9-20)13-21(16)12-14-4-2-1-3-5-14/h1-5,15,18H,6-13H2,(H,19,23). The van der Waals surface area contributed by atoms with Crippen molar-refractivity contribution < 1.29 is 9.59 Å². The van der Waals surface area contributed by atoms with Gasteiger partial charge in [-0.2, -0.15) is 0 Å². The molecular formula is C17H24N4O2. The molecule has 1 aromatic rings. The minimum absolute atomic E-state index is 0.0135. The van der Waals surface area contributed by atoms with E-state index in [9.17, 15) is 9.59 Å². The molecule has 6 heteroatoms. The first-order chi connectivity index (χ1) is 11.2. The molecule has 1 atom stereocenters. The van der Waals surface area contributed by atoms with E-state index in [-0.39, 0.29) is 17.9 Å². The van der Waals surface area contributed by atoms with Gasteiger partial charge in [-0.15, -0.1) is 0 Å². The second-order valence-corrected chi connectivity index (χ2v) is 6.25. The third kappa shape index (κ3) is 4.22. The van der Waals surface area contributed by atoms with Gasteiger partial charge in [0.1, 0.15) is 0 Å². The second-order valence-electron chi connectivity index (χ2n) is 6.25. The number of benzene rings is 1. The molecule has 2 fully saturated rings. The van der Waals surface area contributed by atoms with Gasteiger partial charge in [-0.05, 0) is 5.56 Å². The molecule has 2 heterocycles. The van der Waals surface area contributed by atoms with Gasteiger partial charge < -0.3 is 20.4 Å². The van der Waals surface area contributed by atoms with Crippen LogP contribution in [0, 0.1) is 5.92 Å². The number of carbonyl (C=O) groups excluding carboxylic acids is 2. The van der Waals surface area contributed by atoms with Crippen LogP contribution in [-0.4, -0.2) is 61.0 Å². The number of amides is 3. The summed E-state index contributed by atoms with van der Waals surface area (Å²) in [6.45, 7) is 5.13. The fraction of sp³-hybridized carbons (Fsp3) is 0.529. The Bertz CT molecular complexity index is 543. The zero-order chi connectivity index (χ0) is 16.1. The molecule has 0 radical (unpaired) electrons. The smallest absolute Gasteiger partial charge is 0.317 e. The minimum Gasteiger partial charge on any atom is -0.338 e. The van der Waals surface area contributed by atoms with Crippen LogP contribution in [0.1, 0.15) is 12.0 Å². The van der Waals surface area contributed by atoms with Crippen LogP contribution < -0.4 is 10.6 Å². The van der Waals surface area contributed by atoms with Crippen molar-refractivity contribution in [3.05, 3.63) is 35.9 Å². The third-order valence-corrected chi connectivity index (χ3v) is 4.46. The van der Waals surface area contributed by atoms with Crippen LogP contribution in [0.5, 0.6) is 0 Å². The van der Waals surface area contributed by atoms with Gasteiger partial charge in [-0.3, -0.25) is 4.79 Å². The summed E-state index contributed by atoms with van der Waals surface area (Å²) in [7, 11) is 0. The lowest BCUT2D eigenvalue weighted by atomic mass is 10.1. The summed E-state index contributed by atoms with van der Waals surface area (Å²) in [5, 5.41) is 6.21. The molecule has 2 N–H and O–H groups in total. The second kappa shape index (κ2) is 7.46. The Morgan fingerprint density at radius 2 is 1.96 bits per heavy atom. The number of likely N-dealkylation sites (tertiary alicyclic amines) is 1. The van der Waals surface area contributed by atoms with E-state index < -0.39 is 0 Å². The highest BCUT2D eigenvalue weighted by molar-refractivity contribution is 5.79. The average molecular weight is 316 g/mol. The summed E-state index contributed by atoms with van der Waals surface area (Å²) in [6.07, 6.45) is 0.522. The van der Waals surface area contributed by atoms with Crippen LogP contribution in [0.4, 0.5) is 4.79 Å². The highest BCUT2D eigenvalue weighted by atomic mass is 16.2. The fourth-order valence-corrected chi connectivity index (χ4v) is 3.16. The molecule has 23 heavy (non-hydrogen) atoms. The molecule has 0 saturated carbocycles. The Hall–Kier alpha value is -2.08. The number of rotatable bonds is 4.